The molecule has 8 heteroatoms. The lowest BCUT2D eigenvalue weighted by Gasteiger charge is -2.31. The highest BCUT2D eigenvalue weighted by molar-refractivity contribution is 7.99. The number of carbonyl (C=O) groups excluding carboxylic acids is 1. The van der Waals surface area contributed by atoms with Crippen LogP contribution in [0, 0.1) is 5.92 Å². The summed E-state index contributed by atoms with van der Waals surface area (Å²) in [5.41, 5.74) is 1.13. The Bertz CT molecular complexity index is 986. The predicted molar refractivity (Wildman–Crippen MR) is 124 cm³/mol. The summed E-state index contributed by atoms with van der Waals surface area (Å²) in [6.07, 6.45) is 9.69. The molecule has 1 aliphatic rings. The van der Waals surface area contributed by atoms with Gasteiger partial charge in [0.2, 0.25) is 0 Å². The molecule has 1 saturated heterocycles. The Kier molecular flexibility index (Phi) is 7.66. The standard InChI is InChI=1S/C24H28N4O3S/c1-27-16-13-26-23(27)32-18-20-8-14-28(15-9-20)24(29)31-22-4-2-19(3-5-22)10-17-30-21-6-11-25-12-7-21/h2-7,11-13,16,20H,8-10,14-15,17-18H2,1H3. The van der Waals surface area contributed by atoms with Gasteiger partial charge in [-0.25, -0.2) is 9.78 Å². The highest BCUT2D eigenvalue weighted by atomic mass is 32.2. The Morgan fingerprint density at radius 3 is 2.50 bits per heavy atom. The molecule has 1 aromatic carbocycles. The van der Waals surface area contributed by atoms with Gasteiger partial charge in [0.1, 0.15) is 11.5 Å². The molecule has 1 amide bonds. The molecule has 168 valence electrons. The fraction of sp³-hybridized carbons (Fsp3) is 0.375. The molecule has 3 heterocycles. The van der Waals surface area contributed by atoms with E-state index in [0.29, 0.717) is 18.3 Å². The van der Waals surface area contributed by atoms with Crippen LogP contribution in [0.1, 0.15) is 18.4 Å². The summed E-state index contributed by atoms with van der Waals surface area (Å²) < 4.78 is 13.3. The molecule has 0 saturated carbocycles. The number of amides is 1. The number of pyridine rings is 1. The molecule has 4 rings (SSSR count). The number of aryl methyl sites for hydroxylation is 1. The van der Waals surface area contributed by atoms with Gasteiger partial charge in [0.15, 0.2) is 5.16 Å². The number of carbonyl (C=O) groups is 1. The first-order valence-electron chi connectivity index (χ1n) is 10.9. The number of piperidine rings is 1. The second kappa shape index (κ2) is 11.0. The summed E-state index contributed by atoms with van der Waals surface area (Å²) in [7, 11) is 2.01. The summed E-state index contributed by atoms with van der Waals surface area (Å²) in [6, 6.07) is 11.3. The van der Waals surface area contributed by atoms with Crippen LogP contribution in [0.25, 0.3) is 0 Å². The number of rotatable bonds is 8. The van der Waals surface area contributed by atoms with Gasteiger partial charge in [-0.1, -0.05) is 23.9 Å². The van der Waals surface area contributed by atoms with Crippen molar-refractivity contribution in [2.45, 2.75) is 24.4 Å². The van der Waals surface area contributed by atoms with E-state index in [4.69, 9.17) is 9.47 Å². The maximum atomic E-state index is 12.5. The third-order valence-electron chi connectivity index (χ3n) is 5.54. The molecule has 7 nitrogen and oxygen atoms in total. The molecule has 0 bridgehead atoms. The summed E-state index contributed by atoms with van der Waals surface area (Å²) >= 11 is 1.78. The number of thioether (sulfide) groups is 1. The Morgan fingerprint density at radius 1 is 1.06 bits per heavy atom. The van der Waals surface area contributed by atoms with E-state index in [0.717, 1.165) is 54.6 Å². The van der Waals surface area contributed by atoms with E-state index in [1.807, 2.05) is 60.4 Å². The number of hydrogen-bond acceptors (Lipinski definition) is 6. The van der Waals surface area contributed by atoms with Crippen LogP contribution in [-0.2, 0) is 13.5 Å². The average molecular weight is 453 g/mol. The van der Waals surface area contributed by atoms with E-state index >= 15 is 0 Å². The average Bonchev–Trinajstić information content (AvgIpc) is 3.24. The van der Waals surface area contributed by atoms with Gasteiger partial charge in [0.25, 0.3) is 0 Å². The van der Waals surface area contributed by atoms with Gasteiger partial charge in [-0.05, 0) is 48.6 Å². The highest BCUT2D eigenvalue weighted by Crippen LogP contribution is 2.26. The van der Waals surface area contributed by atoms with Crippen molar-refractivity contribution in [1.82, 2.24) is 19.4 Å². The molecule has 0 spiro atoms. The van der Waals surface area contributed by atoms with E-state index < -0.39 is 0 Å². The van der Waals surface area contributed by atoms with Crippen LogP contribution < -0.4 is 9.47 Å². The molecular formula is C24H28N4O3S. The van der Waals surface area contributed by atoms with Gasteiger partial charge in [-0.15, -0.1) is 0 Å². The van der Waals surface area contributed by atoms with E-state index in [1.54, 1.807) is 29.1 Å². The minimum absolute atomic E-state index is 0.269. The Balaban J connectivity index is 1.17. The Morgan fingerprint density at radius 2 is 1.81 bits per heavy atom. The van der Waals surface area contributed by atoms with Crippen LogP contribution in [0.4, 0.5) is 4.79 Å². The van der Waals surface area contributed by atoms with Gasteiger partial charge >= 0.3 is 6.09 Å². The largest absolute Gasteiger partial charge is 0.493 e. The van der Waals surface area contributed by atoms with Crippen LogP contribution in [0.3, 0.4) is 0 Å². The summed E-state index contributed by atoms with van der Waals surface area (Å²) in [6.45, 7) is 2.04. The number of nitrogens with zero attached hydrogens (tertiary/aromatic N) is 4. The zero-order valence-corrected chi connectivity index (χ0v) is 19.0. The second-order valence-corrected chi connectivity index (χ2v) is 8.84. The van der Waals surface area contributed by atoms with Crippen molar-refractivity contribution in [3.8, 4) is 11.5 Å². The SMILES string of the molecule is Cn1ccnc1SCC1CCN(C(=O)Oc2ccc(CCOc3ccncc3)cc2)CC1. The third kappa shape index (κ3) is 6.26. The third-order valence-corrected chi connectivity index (χ3v) is 6.83. The number of aromatic nitrogens is 3. The smallest absolute Gasteiger partial charge is 0.415 e. The molecule has 0 aliphatic carbocycles. The zero-order chi connectivity index (χ0) is 22.2. The number of imidazole rings is 1. The minimum Gasteiger partial charge on any atom is -0.493 e. The molecule has 32 heavy (non-hydrogen) atoms. The molecule has 3 aromatic rings. The van der Waals surface area contributed by atoms with Crippen LogP contribution >= 0.6 is 11.8 Å². The van der Waals surface area contributed by atoms with Crippen molar-refractivity contribution in [3.63, 3.8) is 0 Å². The monoisotopic (exact) mass is 452 g/mol. The number of benzene rings is 1. The quantitative estimate of drug-likeness (QED) is 0.471. The van der Waals surface area contributed by atoms with Crippen LogP contribution in [0.5, 0.6) is 11.5 Å². The van der Waals surface area contributed by atoms with Gasteiger partial charge in [0, 0.05) is 57.1 Å². The number of ether oxygens (including phenoxy) is 2. The maximum absolute atomic E-state index is 12.5. The van der Waals surface area contributed by atoms with Crippen LogP contribution in [-0.4, -0.2) is 51.0 Å². The van der Waals surface area contributed by atoms with Crippen molar-refractivity contribution >= 4 is 17.9 Å². The van der Waals surface area contributed by atoms with E-state index in [2.05, 4.69) is 9.97 Å². The minimum atomic E-state index is -0.269. The molecule has 0 atom stereocenters. The van der Waals surface area contributed by atoms with Crippen molar-refractivity contribution in [2.24, 2.45) is 13.0 Å². The van der Waals surface area contributed by atoms with Gasteiger partial charge in [-0.2, -0.15) is 0 Å². The van der Waals surface area contributed by atoms with Crippen molar-refractivity contribution < 1.29 is 14.3 Å². The topological polar surface area (TPSA) is 69.5 Å². The number of likely N-dealkylation sites (tertiary alicyclic amines) is 1. The lowest BCUT2D eigenvalue weighted by atomic mass is 9.99. The molecule has 1 fully saturated rings. The van der Waals surface area contributed by atoms with Crippen molar-refractivity contribution in [3.05, 3.63) is 66.7 Å². The van der Waals surface area contributed by atoms with Gasteiger partial charge in [0.05, 0.1) is 6.61 Å². The lowest BCUT2D eigenvalue weighted by molar-refractivity contribution is 0.134. The summed E-state index contributed by atoms with van der Waals surface area (Å²) in [5.74, 6) is 3.00. The fourth-order valence-corrected chi connectivity index (χ4v) is 4.69. The van der Waals surface area contributed by atoms with Crippen LogP contribution in [0.15, 0.2) is 66.3 Å². The number of hydrogen-bond donors (Lipinski definition) is 0. The highest BCUT2D eigenvalue weighted by Gasteiger charge is 2.24. The zero-order valence-electron chi connectivity index (χ0n) is 18.2. The van der Waals surface area contributed by atoms with E-state index in [1.165, 1.54) is 0 Å². The molecule has 0 unspecified atom stereocenters. The van der Waals surface area contributed by atoms with Gasteiger partial charge in [-0.3, -0.25) is 4.98 Å². The molecule has 2 aromatic heterocycles. The van der Waals surface area contributed by atoms with Gasteiger partial charge < -0.3 is 18.9 Å². The van der Waals surface area contributed by atoms with Crippen molar-refractivity contribution in [2.75, 3.05) is 25.4 Å². The fourth-order valence-electron chi connectivity index (χ4n) is 3.58. The molecule has 0 radical (unpaired) electrons. The first-order valence-corrected chi connectivity index (χ1v) is 11.8. The maximum Gasteiger partial charge on any atom is 0.415 e. The normalized spacial score (nSPS) is 14.3. The first-order chi connectivity index (χ1) is 15.7. The second-order valence-electron chi connectivity index (χ2n) is 7.86. The Labute approximate surface area is 192 Å². The van der Waals surface area contributed by atoms with E-state index in [-0.39, 0.29) is 6.09 Å². The Hall–Kier alpha value is -3.00. The summed E-state index contributed by atoms with van der Waals surface area (Å²) in [4.78, 5) is 22.7. The molecule has 0 N–H and O–H groups in total. The molecule has 1 aliphatic heterocycles. The van der Waals surface area contributed by atoms with Crippen LogP contribution in [0.2, 0.25) is 0 Å². The molecular weight excluding hydrogens is 424 g/mol. The predicted octanol–water partition coefficient (Wildman–Crippen LogP) is 4.44. The van der Waals surface area contributed by atoms with E-state index in [9.17, 15) is 4.79 Å². The summed E-state index contributed by atoms with van der Waals surface area (Å²) in [5, 5.41) is 1.04. The first kappa shape index (κ1) is 22.2. The lowest BCUT2D eigenvalue weighted by Crippen LogP contribution is -2.40. The van der Waals surface area contributed by atoms with Crippen molar-refractivity contribution in [1.29, 1.82) is 0 Å².